The first kappa shape index (κ1) is 20.4. The van der Waals surface area contributed by atoms with E-state index in [-0.39, 0.29) is 0 Å². The van der Waals surface area contributed by atoms with Gasteiger partial charge in [0.15, 0.2) is 10.6 Å². The highest BCUT2D eigenvalue weighted by molar-refractivity contribution is 7.71. The molecule has 0 N–H and O–H groups in total. The highest BCUT2D eigenvalue weighted by Gasteiger charge is 2.20. The van der Waals surface area contributed by atoms with E-state index in [0.29, 0.717) is 0 Å². The van der Waals surface area contributed by atoms with Crippen molar-refractivity contribution >= 4 is 12.2 Å². The Bertz CT molecular complexity index is 1100. The van der Waals surface area contributed by atoms with E-state index in [9.17, 15) is 0 Å². The maximum Gasteiger partial charge on any atom is 0.199 e. The molecule has 0 radical (unpaired) electrons. The van der Waals surface area contributed by atoms with Crippen LogP contribution in [0.4, 0.5) is 0 Å². The van der Waals surface area contributed by atoms with E-state index in [2.05, 4.69) is 44.5 Å². The molecule has 0 bridgehead atoms. The number of ether oxygens (including phenoxy) is 1. The quantitative estimate of drug-likeness (QED) is 0.553. The summed E-state index contributed by atoms with van der Waals surface area (Å²) in [4.78, 5) is 9.08. The van der Waals surface area contributed by atoms with E-state index < -0.39 is 0 Å². The van der Waals surface area contributed by atoms with Gasteiger partial charge in [-0.15, -0.1) is 0 Å². The highest BCUT2D eigenvalue weighted by Crippen LogP contribution is 2.26. The van der Waals surface area contributed by atoms with Crippen LogP contribution in [0.3, 0.4) is 0 Å². The van der Waals surface area contributed by atoms with Gasteiger partial charge >= 0.3 is 0 Å². The summed E-state index contributed by atoms with van der Waals surface area (Å²) < 4.78 is 10.5. The van der Waals surface area contributed by atoms with Crippen LogP contribution in [-0.4, -0.2) is 61.9 Å². The minimum absolute atomic E-state index is 0.730. The van der Waals surface area contributed by atoms with Crippen LogP contribution in [0.2, 0.25) is 0 Å². The predicted molar refractivity (Wildman–Crippen MR) is 122 cm³/mol. The topological polar surface area (TPSA) is 51.4 Å². The van der Waals surface area contributed by atoms with E-state index in [1.54, 1.807) is 12.4 Å². The summed E-state index contributed by atoms with van der Waals surface area (Å²) in [5.74, 6) is 1.97. The molecule has 162 valence electrons. The van der Waals surface area contributed by atoms with Gasteiger partial charge in [-0.05, 0) is 48.5 Å². The number of pyridine rings is 1. The average molecular weight is 437 g/mol. The molecule has 0 saturated carbocycles. The van der Waals surface area contributed by atoms with Gasteiger partial charge in [0, 0.05) is 63.6 Å². The Labute approximate surface area is 187 Å². The minimum Gasteiger partial charge on any atom is -0.493 e. The number of benzene rings is 1. The lowest BCUT2D eigenvalue weighted by Gasteiger charge is -2.34. The first-order valence-electron chi connectivity index (χ1n) is 11.0. The number of nitrogens with zero attached hydrogens (tertiary/aromatic N) is 6. The molecule has 7 nitrogen and oxygen atoms in total. The van der Waals surface area contributed by atoms with Crippen molar-refractivity contribution in [3.05, 3.63) is 58.6 Å². The van der Waals surface area contributed by atoms with Crippen molar-refractivity contribution in [1.29, 1.82) is 0 Å². The fourth-order valence-electron chi connectivity index (χ4n) is 4.41. The fourth-order valence-corrected chi connectivity index (χ4v) is 4.72. The summed E-state index contributed by atoms with van der Waals surface area (Å²) in [6, 6.07) is 10.6. The van der Waals surface area contributed by atoms with E-state index in [0.717, 1.165) is 80.9 Å². The van der Waals surface area contributed by atoms with E-state index in [1.807, 2.05) is 16.8 Å². The van der Waals surface area contributed by atoms with Gasteiger partial charge in [0.25, 0.3) is 0 Å². The van der Waals surface area contributed by atoms with Gasteiger partial charge in [0.1, 0.15) is 5.75 Å². The molecule has 1 aromatic carbocycles. The molecule has 4 heterocycles. The van der Waals surface area contributed by atoms with Crippen LogP contribution < -0.4 is 4.74 Å². The Morgan fingerprint density at radius 2 is 1.81 bits per heavy atom. The fraction of sp³-hybridized carbons (Fsp3) is 0.435. The van der Waals surface area contributed by atoms with Crippen LogP contribution in [0.5, 0.6) is 5.75 Å². The van der Waals surface area contributed by atoms with Crippen LogP contribution in [0, 0.1) is 4.77 Å². The van der Waals surface area contributed by atoms with E-state index in [4.69, 9.17) is 22.1 Å². The normalized spacial score (nSPS) is 16.9. The van der Waals surface area contributed by atoms with Crippen molar-refractivity contribution in [3.63, 3.8) is 0 Å². The number of fused-ring (bicyclic) bond motifs is 1. The number of hydrogen-bond acceptors (Lipinski definition) is 6. The molecule has 0 unspecified atom stereocenters. The Balaban J connectivity index is 1.22. The molecule has 0 aliphatic carbocycles. The van der Waals surface area contributed by atoms with Gasteiger partial charge in [-0.25, -0.2) is 4.68 Å². The van der Waals surface area contributed by atoms with Crippen molar-refractivity contribution in [1.82, 2.24) is 29.1 Å². The molecule has 0 atom stereocenters. The molecule has 1 saturated heterocycles. The lowest BCUT2D eigenvalue weighted by atomic mass is 10.1. The number of aromatic nitrogens is 4. The van der Waals surface area contributed by atoms with Gasteiger partial charge in [-0.1, -0.05) is 12.1 Å². The first-order chi connectivity index (χ1) is 15.2. The third-order valence-corrected chi connectivity index (χ3v) is 6.57. The number of hydrogen-bond donors (Lipinski definition) is 0. The van der Waals surface area contributed by atoms with E-state index in [1.165, 1.54) is 11.1 Å². The highest BCUT2D eigenvalue weighted by atomic mass is 32.1. The number of piperazine rings is 1. The minimum atomic E-state index is 0.730. The maximum atomic E-state index is 5.73. The third kappa shape index (κ3) is 4.28. The smallest absolute Gasteiger partial charge is 0.199 e. The van der Waals surface area contributed by atoms with E-state index >= 15 is 0 Å². The van der Waals surface area contributed by atoms with Crippen molar-refractivity contribution in [2.75, 3.05) is 32.8 Å². The molecule has 0 amide bonds. The number of rotatable bonds is 6. The van der Waals surface area contributed by atoms with Crippen LogP contribution in [-0.2, 0) is 26.2 Å². The summed E-state index contributed by atoms with van der Waals surface area (Å²) in [5, 5.41) is 4.85. The molecule has 8 heteroatoms. The van der Waals surface area contributed by atoms with Crippen molar-refractivity contribution in [3.8, 4) is 17.1 Å². The zero-order valence-electron chi connectivity index (χ0n) is 17.9. The monoisotopic (exact) mass is 436 g/mol. The Morgan fingerprint density at radius 1 is 1.03 bits per heavy atom. The Morgan fingerprint density at radius 3 is 2.58 bits per heavy atom. The van der Waals surface area contributed by atoms with Crippen LogP contribution in [0.1, 0.15) is 18.1 Å². The van der Waals surface area contributed by atoms with Crippen LogP contribution in [0.15, 0.2) is 42.7 Å². The van der Waals surface area contributed by atoms with Crippen molar-refractivity contribution < 1.29 is 4.74 Å². The van der Waals surface area contributed by atoms with Gasteiger partial charge in [-0.2, -0.15) is 5.10 Å². The molecule has 2 aliphatic heterocycles. The Hall–Kier alpha value is -2.55. The molecular formula is C23H28N6OS. The molecule has 2 aliphatic rings. The van der Waals surface area contributed by atoms with Crippen molar-refractivity contribution in [2.45, 2.75) is 33.1 Å². The van der Waals surface area contributed by atoms with Crippen molar-refractivity contribution in [2.24, 2.45) is 0 Å². The van der Waals surface area contributed by atoms with Gasteiger partial charge in [0.05, 0.1) is 13.3 Å². The first-order valence-corrected chi connectivity index (χ1v) is 11.4. The van der Waals surface area contributed by atoms with Gasteiger partial charge in [-0.3, -0.25) is 14.8 Å². The zero-order valence-corrected chi connectivity index (χ0v) is 18.7. The van der Waals surface area contributed by atoms with Crippen LogP contribution >= 0.6 is 12.2 Å². The second kappa shape index (κ2) is 8.90. The summed E-state index contributed by atoms with van der Waals surface area (Å²) >= 11 is 5.73. The summed E-state index contributed by atoms with van der Waals surface area (Å²) in [6.07, 6.45) is 4.62. The molecule has 0 spiro atoms. The third-order valence-electron chi connectivity index (χ3n) is 6.14. The summed E-state index contributed by atoms with van der Waals surface area (Å²) in [7, 11) is 0. The second-order valence-electron chi connectivity index (χ2n) is 8.16. The Kier molecular flexibility index (Phi) is 5.85. The summed E-state index contributed by atoms with van der Waals surface area (Å²) in [5.41, 5.74) is 3.77. The average Bonchev–Trinajstić information content (AvgIpc) is 3.39. The molecular weight excluding hydrogens is 408 g/mol. The molecule has 3 aromatic rings. The maximum absolute atomic E-state index is 5.73. The lowest BCUT2D eigenvalue weighted by molar-refractivity contribution is 0.0980. The van der Waals surface area contributed by atoms with Gasteiger partial charge < -0.3 is 9.30 Å². The van der Waals surface area contributed by atoms with Crippen LogP contribution in [0.25, 0.3) is 11.4 Å². The molecule has 1 fully saturated rings. The largest absolute Gasteiger partial charge is 0.493 e. The SMILES string of the molecule is CCn1c(-c2ccncc2)nn(CN2CCN(Cc3ccc4c(c3)CCO4)CC2)c1=S. The molecule has 31 heavy (non-hydrogen) atoms. The molecule has 5 rings (SSSR count). The predicted octanol–water partition coefficient (Wildman–Crippen LogP) is 3.21. The lowest BCUT2D eigenvalue weighted by Crippen LogP contribution is -2.46. The van der Waals surface area contributed by atoms with Gasteiger partial charge in [0.2, 0.25) is 0 Å². The molecule has 2 aromatic heterocycles. The second-order valence-corrected chi connectivity index (χ2v) is 8.53. The summed E-state index contributed by atoms with van der Waals surface area (Å²) in [6.45, 7) is 9.58. The standard InChI is InChI=1S/C23H28N6OS/c1-2-28-22(19-5-8-24-9-6-19)25-29(23(28)31)17-27-12-10-26(11-13-27)16-18-3-4-21-20(15-18)7-14-30-21/h3-6,8-9,15H,2,7,10-14,16-17H2,1H3. The zero-order chi connectivity index (χ0) is 21.2.